The smallest absolute Gasteiger partial charge is 0.238 e. The first-order valence-corrected chi connectivity index (χ1v) is 4.71. The molecule has 2 unspecified atom stereocenters. The van der Waals surface area contributed by atoms with Crippen LogP contribution in [0.15, 0.2) is 0 Å². The molecule has 0 amide bonds. The van der Waals surface area contributed by atoms with Gasteiger partial charge in [-0.15, -0.1) is 0 Å². The lowest BCUT2D eigenvalue weighted by Gasteiger charge is -2.35. The SMILES string of the molecule is CN1CCC(CC(F)F)C(CO)C1. The minimum Gasteiger partial charge on any atom is -0.396 e. The van der Waals surface area contributed by atoms with E-state index in [1.165, 1.54) is 0 Å². The van der Waals surface area contributed by atoms with Crippen molar-refractivity contribution in [1.29, 1.82) is 0 Å². The molecule has 1 fully saturated rings. The largest absolute Gasteiger partial charge is 0.396 e. The molecule has 13 heavy (non-hydrogen) atoms. The van der Waals surface area contributed by atoms with Gasteiger partial charge in [0.25, 0.3) is 0 Å². The van der Waals surface area contributed by atoms with Crippen molar-refractivity contribution in [1.82, 2.24) is 4.90 Å². The average molecular weight is 193 g/mol. The summed E-state index contributed by atoms with van der Waals surface area (Å²) in [7, 11) is 1.96. The van der Waals surface area contributed by atoms with Crippen molar-refractivity contribution in [2.45, 2.75) is 19.3 Å². The summed E-state index contributed by atoms with van der Waals surface area (Å²) in [6.07, 6.45) is -1.51. The number of alkyl halides is 2. The van der Waals surface area contributed by atoms with Gasteiger partial charge in [0.2, 0.25) is 6.43 Å². The summed E-state index contributed by atoms with van der Waals surface area (Å²) in [4.78, 5) is 2.09. The maximum absolute atomic E-state index is 12.1. The molecule has 1 saturated heterocycles. The van der Waals surface area contributed by atoms with E-state index < -0.39 is 6.43 Å². The maximum Gasteiger partial charge on any atom is 0.238 e. The van der Waals surface area contributed by atoms with Gasteiger partial charge >= 0.3 is 0 Å². The summed E-state index contributed by atoms with van der Waals surface area (Å²) in [5.74, 6) is 0.0361. The Kier molecular flexibility index (Phi) is 4.06. The highest BCUT2D eigenvalue weighted by Crippen LogP contribution is 2.27. The van der Waals surface area contributed by atoms with Crippen LogP contribution in [0.4, 0.5) is 8.78 Å². The standard InChI is InChI=1S/C9H17F2NO/c1-12-3-2-7(4-9(10)11)8(5-12)6-13/h7-9,13H,2-6H2,1H3. The summed E-state index contributed by atoms with van der Waals surface area (Å²) < 4.78 is 24.3. The number of nitrogens with zero attached hydrogens (tertiary/aromatic N) is 1. The Morgan fingerprint density at radius 3 is 2.69 bits per heavy atom. The fraction of sp³-hybridized carbons (Fsp3) is 1.00. The highest BCUT2D eigenvalue weighted by Gasteiger charge is 2.29. The van der Waals surface area contributed by atoms with Crippen molar-refractivity contribution in [3.05, 3.63) is 0 Å². The van der Waals surface area contributed by atoms with Crippen molar-refractivity contribution in [2.24, 2.45) is 11.8 Å². The molecule has 0 spiro atoms. The third-order valence-corrected chi connectivity index (χ3v) is 2.81. The van der Waals surface area contributed by atoms with Crippen LogP contribution in [0, 0.1) is 11.8 Å². The lowest BCUT2D eigenvalue weighted by molar-refractivity contribution is 0.0374. The highest BCUT2D eigenvalue weighted by molar-refractivity contribution is 4.78. The van der Waals surface area contributed by atoms with Crippen LogP contribution in [0.2, 0.25) is 0 Å². The van der Waals surface area contributed by atoms with Crippen molar-refractivity contribution in [2.75, 3.05) is 26.7 Å². The second-order valence-electron chi connectivity index (χ2n) is 3.88. The van der Waals surface area contributed by atoms with Crippen LogP contribution in [0.1, 0.15) is 12.8 Å². The van der Waals surface area contributed by atoms with Gasteiger partial charge in [-0.05, 0) is 31.8 Å². The number of likely N-dealkylation sites (tertiary alicyclic amines) is 1. The number of aliphatic hydroxyl groups excluding tert-OH is 1. The molecule has 2 atom stereocenters. The molecule has 4 heteroatoms. The van der Waals surface area contributed by atoms with E-state index in [4.69, 9.17) is 5.11 Å². The van der Waals surface area contributed by atoms with Crippen molar-refractivity contribution >= 4 is 0 Å². The van der Waals surface area contributed by atoms with Crippen LogP contribution in [0.3, 0.4) is 0 Å². The Bertz CT molecular complexity index is 155. The predicted molar refractivity (Wildman–Crippen MR) is 46.8 cm³/mol. The second kappa shape index (κ2) is 4.86. The van der Waals surface area contributed by atoms with E-state index in [0.717, 1.165) is 19.5 Å². The number of hydrogen-bond acceptors (Lipinski definition) is 2. The van der Waals surface area contributed by atoms with Gasteiger partial charge in [-0.1, -0.05) is 0 Å². The first-order chi connectivity index (χ1) is 6.13. The predicted octanol–water partition coefficient (Wildman–Crippen LogP) is 1.20. The van der Waals surface area contributed by atoms with E-state index >= 15 is 0 Å². The Morgan fingerprint density at radius 2 is 2.15 bits per heavy atom. The first kappa shape index (κ1) is 10.9. The average Bonchev–Trinajstić information content (AvgIpc) is 2.07. The number of aliphatic hydroxyl groups is 1. The van der Waals surface area contributed by atoms with E-state index in [1.54, 1.807) is 0 Å². The van der Waals surface area contributed by atoms with Crippen molar-refractivity contribution in [3.63, 3.8) is 0 Å². The molecule has 1 N–H and O–H groups in total. The van der Waals surface area contributed by atoms with E-state index in [1.807, 2.05) is 7.05 Å². The number of halogens is 2. The normalized spacial score (nSPS) is 31.2. The lowest BCUT2D eigenvalue weighted by Crippen LogP contribution is -2.40. The molecule has 1 rings (SSSR count). The van der Waals surface area contributed by atoms with E-state index in [9.17, 15) is 8.78 Å². The summed E-state index contributed by atoms with van der Waals surface area (Å²) in [6, 6.07) is 0. The van der Waals surface area contributed by atoms with E-state index in [0.29, 0.717) is 0 Å². The summed E-state index contributed by atoms with van der Waals surface area (Å²) >= 11 is 0. The number of piperidine rings is 1. The minimum atomic E-state index is -2.23. The van der Waals surface area contributed by atoms with Crippen molar-refractivity contribution < 1.29 is 13.9 Å². The summed E-state index contributed by atoms with van der Waals surface area (Å²) in [5.41, 5.74) is 0. The number of hydrogen-bond donors (Lipinski definition) is 1. The molecule has 1 aliphatic rings. The van der Waals surface area contributed by atoms with Gasteiger partial charge in [-0.25, -0.2) is 8.78 Å². The lowest BCUT2D eigenvalue weighted by atomic mass is 9.84. The Balaban J connectivity index is 2.42. The van der Waals surface area contributed by atoms with Crippen LogP contribution >= 0.6 is 0 Å². The summed E-state index contributed by atoms with van der Waals surface area (Å²) in [5, 5.41) is 9.02. The van der Waals surface area contributed by atoms with Gasteiger partial charge in [0, 0.05) is 19.6 Å². The Hall–Kier alpha value is -0.220. The topological polar surface area (TPSA) is 23.5 Å². The van der Waals surface area contributed by atoms with Crippen LogP contribution in [-0.4, -0.2) is 43.2 Å². The van der Waals surface area contributed by atoms with Crippen LogP contribution < -0.4 is 0 Å². The van der Waals surface area contributed by atoms with Gasteiger partial charge in [0.15, 0.2) is 0 Å². The molecule has 1 heterocycles. The molecule has 1 aliphatic heterocycles. The maximum atomic E-state index is 12.1. The molecular weight excluding hydrogens is 176 g/mol. The molecule has 78 valence electrons. The van der Waals surface area contributed by atoms with Gasteiger partial charge in [-0.2, -0.15) is 0 Å². The zero-order valence-corrected chi connectivity index (χ0v) is 7.92. The zero-order chi connectivity index (χ0) is 9.84. The molecule has 0 aromatic heterocycles. The van der Waals surface area contributed by atoms with Gasteiger partial charge in [0.05, 0.1) is 0 Å². The zero-order valence-electron chi connectivity index (χ0n) is 7.92. The third-order valence-electron chi connectivity index (χ3n) is 2.81. The van der Waals surface area contributed by atoms with Crippen LogP contribution in [-0.2, 0) is 0 Å². The van der Waals surface area contributed by atoms with Gasteiger partial charge < -0.3 is 10.0 Å². The molecule has 0 aromatic rings. The summed E-state index contributed by atoms with van der Waals surface area (Å²) in [6.45, 7) is 1.64. The quantitative estimate of drug-likeness (QED) is 0.728. The van der Waals surface area contributed by atoms with Crippen LogP contribution in [0.25, 0.3) is 0 Å². The Morgan fingerprint density at radius 1 is 1.46 bits per heavy atom. The van der Waals surface area contributed by atoms with Crippen molar-refractivity contribution in [3.8, 4) is 0 Å². The fourth-order valence-corrected chi connectivity index (χ4v) is 2.01. The molecule has 0 saturated carbocycles. The van der Waals surface area contributed by atoms with E-state index in [2.05, 4.69) is 4.90 Å². The fourth-order valence-electron chi connectivity index (χ4n) is 2.01. The monoisotopic (exact) mass is 193 g/mol. The highest BCUT2D eigenvalue weighted by atomic mass is 19.3. The molecule has 0 radical (unpaired) electrons. The van der Waals surface area contributed by atoms with E-state index in [-0.39, 0.29) is 24.9 Å². The molecular formula is C9H17F2NO. The minimum absolute atomic E-state index is 0.00111. The molecule has 0 bridgehead atoms. The van der Waals surface area contributed by atoms with Gasteiger partial charge in [0.1, 0.15) is 0 Å². The second-order valence-corrected chi connectivity index (χ2v) is 3.88. The molecule has 0 aliphatic carbocycles. The first-order valence-electron chi connectivity index (χ1n) is 4.71. The molecule has 0 aromatic carbocycles. The number of rotatable bonds is 3. The third kappa shape index (κ3) is 3.19. The van der Waals surface area contributed by atoms with Crippen LogP contribution in [0.5, 0.6) is 0 Å². The van der Waals surface area contributed by atoms with Gasteiger partial charge in [-0.3, -0.25) is 0 Å². The molecule has 2 nitrogen and oxygen atoms in total. The Labute approximate surface area is 77.5 Å².